The first-order valence-electron chi connectivity index (χ1n) is 12.3. The number of halogens is 1. The second-order valence-corrected chi connectivity index (χ2v) is 9.86. The second-order valence-electron chi connectivity index (χ2n) is 9.50. The Balaban J connectivity index is 1.07. The molecule has 9 nitrogen and oxygen atoms in total. The van der Waals surface area contributed by atoms with Gasteiger partial charge in [0, 0.05) is 62.7 Å². The van der Waals surface area contributed by atoms with Crippen LogP contribution in [0.1, 0.15) is 36.0 Å². The van der Waals surface area contributed by atoms with Crippen LogP contribution < -0.4 is 10.6 Å². The fraction of sp³-hybridized carbons (Fsp3) is 0.480. The van der Waals surface area contributed by atoms with E-state index in [9.17, 15) is 4.79 Å². The number of amides is 1. The fourth-order valence-electron chi connectivity index (χ4n) is 4.77. The van der Waals surface area contributed by atoms with Gasteiger partial charge in [-0.25, -0.2) is 19.9 Å². The summed E-state index contributed by atoms with van der Waals surface area (Å²) in [7, 11) is 2.07. The third-order valence-corrected chi connectivity index (χ3v) is 7.28. The normalized spacial score (nSPS) is 21.1. The van der Waals surface area contributed by atoms with Gasteiger partial charge in [-0.05, 0) is 56.8 Å². The van der Waals surface area contributed by atoms with E-state index < -0.39 is 0 Å². The average molecular weight is 495 g/mol. The predicted molar refractivity (Wildman–Crippen MR) is 138 cm³/mol. The predicted octanol–water partition coefficient (Wildman–Crippen LogP) is 3.54. The zero-order valence-electron chi connectivity index (χ0n) is 20.0. The zero-order valence-corrected chi connectivity index (χ0v) is 20.7. The van der Waals surface area contributed by atoms with Crippen LogP contribution in [0.5, 0.6) is 0 Å². The number of carbonyl (C=O) groups excluding carboxylic acids is 1. The highest BCUT2D eigenvalue weighted by Gasteiger charge is 2.23. The molecule has 0 radical (unpaired) electrons. The SMILES string of the molecule is CN1CCN(C(=O)c2cnc(NCC3CCC(Nc4ccc5ccnc(Cl)c5n4)CC3)nc2)CC1. The maximum absolute atomic E-state index is 12.7. The topological polar surface area (TPSA) is 99.2 Å². The minimum atomic E-state index is 0.00918. The number of pyridine rings is 2. The molecule has 2 N–H and O–H groups in total. The highest BCUT2D eigenvalue weighted by molar-refractivity contribution is 6.33. The lowest BCUT2D eigenvalue weighted by atomic mass is 9.86. The third kappa shape index (κ3) is 5.79. The molecule has 1 saturated carbocycles. The summed E-state index contributed by atoms with van der Waals surface area (Å²) in [5.41, 5.74) is 1.28. The maximum atomic E-state index is 12.7. The minimum absolute atomic E-state index is 0.00918. The number of nitrogens with zero attached hydrogens (tertiary/aromatic N) is 6. The number of fused-ring (bicyclic) bond motifs is 1. The van der Waals surface area contributed by atoms with Crippen molar-refractivity contribution in [3.05, 3.63) is 47.5 Å². The summed E-state index contributed by atoms with van der Waals surface area (Å²) in [4.78, 5) is 34.3. The van der Waals surface area contributed by atoms with Gasteiger partial charge >= 0.3 is 0 Å². The van der Waals surface area contributed by atoms with Gasteiger partial charge in [-0.3, -0.25) is 4.79 Å². The van der Waals surface area contributed by atoms with Crippen molar-refractivity contribution in [1.82, 2.24) is 29.7 Å². The van der Waals surface area contributed by atoms with Crippen LogP contribution in [0, 0.1) is 5.92 Å². The number of carbonyl (C=O) groups is 1. The first-order valence-corrected chi connectivity index (χ1v) is 12.6. The van der Waals surface area contributed by atoms with Gasteiger partial charge in [0.15, 0.2) is 5.15 Å². The van der Waals surface area contributed by atoms with E-state index in [2.05, 4.69) is 42.5 Å². The van der Waals surface area contributed by atoms with E-state index in [0.29, 0.717) is 28.6 Å². The molecule has 0 atom stereocenters. The minimum Gasteiger partial charge on any atom is -0.367 e. The van der Waals surface area contributed by atoms with Gasteiger partial charge in [0.1, 0.15) is 11.3 Å². The van der Waals surface area contributed by atoms with Crippen LogP contribution in [0.3, 0.4) is 0 Å². The van der Waals surface area contributed by atoms with Crippen LogP contribution in [0.2, 0.25) is 5.15 Å². The molecule has 0 spiro atoms. The molecule has 184 valence electrons. The molecule has 10 heteroatoms. The van der Waals surface area contributed by atoms with Crippen LogP contribution in [-0.4, -0.2) is 81.5 Å². The lowest BCUT2D eigenvalue weighted by molar-refractivity contribution is 0.0663. The van der Waals surface area contributed by atoms with E-state index in [0.717, 1.165) is 75.1 Å². The Kier molecular flexibility index (Phi) is 7.24. The van der Waals surface area contributed by atoms with E-state index in [1.807, 2.05) is 23.1 Å². The molecule has 0 unspecified atom stereocenters. The first kappa shape index (κ1) is 23.7. The standard InChI is InChI=1S/C25H31ClN8O/c1-33-10-12-34(13-11-33)24(35)19-15-29-25(30-16-19)28-14-17-2-5-20(6-3-17)31-21-7-4-18-8-9-27-23(26)22(18)32-21/h4,7-9,15-17,20H,2-3,5-6,10-14H2,1H3,(H,31,32)(H,28,29,30). The summed E-state index contributed by atoms with van der Waals surface area (Å²) in [6.45, 7) is 4.11. The van der Waals surface area contributed by atoms with Gasteiger partial charge in [0.2, 0.25) is 5.95 Å². The molecule has 2 aliphatic rings. The molecule has 3 aromatic rings. The van der Waals surface area contributed by atoms with E-state index in [1.165, 1.54) is 0 Å². The highest BCUT2D eigenvalue weighted by Crippen LogP contribution is 2.28. The van der Waals surface area contributed by atoms with Crippen LogP contribution in [-0.2, 0) is 0 Å². The summed E-state index contributed by atoms with van der Waals surface area (Å²) < 4.78 is 0. The lowest BCUT2D eigenvalue weighted by Gasteiger charge is -2.32. The molecule has 4 heterocycles. The lowest BCUT2D eigenvalue weighted by Crippen LogP contribution is -2.47. The first-order chi connectivity index (χ1) is 17.0. The molecule has 0 bridgehead atoms. The number of hydrogen-bond acceptors (Lipinski definition) is 8. The molecule has 5 rings (SSSR count). The number of piperazine rings is 1. The molecular weight excluding hydrogens is 464 g/mol. The van der Waals surface area contributed by atoms with Crippen molar-refractivity contribution in [1.29, 1.82) is 0 Å². The smallest absolute Gasteiger partial charge is 0.257 e. The summed E-state index contributed by atoms with van der Waals surface area (Å²) in [6.07, 6.45) is 9.34. The highest BCUT2D eigenvalue weighted by atomic mass is 35.5. The van der Waals surface area contributed by atoms with Gasteiger partial charge in [0.25, 0.3) is 5.91 Å². The molecule has 2 fully saturated rings. The molecule has 35 heavy (non-hydrogen) atoms. The van der Waals surface area contributed by atoms with Crippen molar-refractivity contribution in [2.45, 2.75) is 31.7 Å². The van der Waals surface area contributed by atoms with E-state index in [-0.39, 0.29) is 5.91 Å². The molecule has 1 aliphatic carbocycles. The van der Waals surface area contributed by atoms with Crippen molar-refractivity contribution in [2.24, 2.45) is 5.92 Å². The number of anilines is 2. The quantitative estimate of drug-likeness (QED) is 0.502. The van der Waals surface area contributed by atoms with E-state index >= 15 is 0 Å². The van der Waals surface area contributed by atoms with Crippen molar-refractivity contribution < 1.29 is 4.79 Å². The van der Waals surface area contributed by atoms with Gasteiger partial charge in [-0.15, -0.1) is 0 Å². The van der Waals surface area contributed by atoms with Gasteiger partial charge < -0.3 is 20.4 Å². The Morgan fingerprint density at radius 2 is 1.77 bits per heavy atom. The molecule has 3 aromatic heterocycles. The van der Waals surface area contributed by atoms with Crippen molar-refractivity contribution in [2.75, 3.05) is 50.4 Å². The van der Waals surface area contributed by atoms with Crippen molar-refractivity contribution >= 4 is 40.2 Å². The molecule has 1 amide bonds. The summed E-state index contributed by atoms with van der Waals surface area (Å²) in [5, 5.41) is 8.33. The van der Waals surface area contributed by atoms with Crippen molar-refractivity contribution in [3.8, 4) is 0 Å². The Hall–Kier alpha value is -3.04. The zero-order chi connectivity index (χ0) is 24.2. The maximum Gasteiger partial charge on any atom is 0.257 e. The molecule has 1 saturated heterocycles. The van der Waals surface area contributed by atoms with E-state index in [1.54, 1.807) is 18.6 Å². The van der Waals surface area contributed by atoms with Crippen LogP contribution in [0.4, 0.5) is 11.8 Å². The van der Waals surface area contributed by atoms with Crippen LogP contribution >= 0.6 is 11.6 Å². The number of nitrogens with one attached hydrogen (secondary N) is 2. The van der Waals surface area contributed by atoms with Gasteiger partial charge in [0.05, 0.1) is 5.56 Å². The monoisotopic (exact) mass is 494 g/mol. The van der Waals surface area contributed by atoms with Crippen LogP contribution in [0.15, 0.2) is 36.8 Å². The number of rotatable bonds is 6. The Bertz CT molecular complexity index is 1160. The largest absolute Gasteiger partial charge is 0.367 e. The second kappa shape index (κ2) is 10.7. The molecular formula is C25H31ClN8O. The Morgan fingerprint density at radius 3 is 2.51 bits per heavy atom. The van der Waals surface area contributed by atoms with Gasteiger partial charge in [-0.2, -0.15) is 0 Å². The van der Waals surface area contributed by atoms with E-state index in [4.69, 9.17) is 11.6 Å². The van der Waals surface area contributed by atoms with Crippen molar-refractivity contribution in [3.63, 3.8) is 0 Å². The molecule has 0 aromatic carbocycles. The van der Waals surface area contributed by atoms with Gasteiger partial charge in [-0.1, -0.05) is 11.6 Å². The molecule has 1 aliphatic heterocycles. The number of aromatic nitrogens is 4. The summed E-state index contributed by atoms with van der Waals surface area (Å²) in [6, 6.07) is 6.33. The van der Waals surface area contributed by atoms with Crippen LogP contribution in [0.25, 0.3) is 10.9 Å². The Labute approximate surface area is 210 Å². The summed E-state index contributed by atoms with van der Waals surface area (Å²) in [5.74, 6) is 1.99. The summed E-state index contributed by atoms with van der Waals surface area (Å²) >= 11 is 6.20. The Morgan fingerprint density at radius 1 is 1.03 bits per heavy atom. The third-order valence-electron chi connectivity index (χ3n) is 7.00. The number of likely N-dealkylation sites (N-methyl/N-ethyl adjacent to an activating group) is 1. The fourth-order valence-corrected chi connectivity index (χ4v) is 4.98. The number of hydrogen-bond donors (Lipinski definition) is 2. The average Bonchev–Trinajstić information content (AvgIpc) is 2.89.